The standard InChI is InChI=1S/C7H5Br2/c8-7(9)6-4-2-1-3-5-6/h1-2,4-5,7H. The SMILES string of the molecule is BrC(Br)c1c[c]ccc1. The lowest BCUT2D eigenvalue weighted by molar-refractivity contribution is 1.42. The summed E-state index contributed by atoms with van der Waals surface area (Å²) < 4.78 is 0.252. The van der Waals surface area contributed by atoms with E-state index >= 15 is 0 Å². The van der Waals surface area contributed by atoms with E-state index in [1.165, 1.54) is 5.56 Å². The number of alkyl halides is 2. The summed E-state index contributed by atoms with van der Waals surface area (Å²) >= 11 is 6.76. The van der Waals surface area contributed by atoms with Crippen molar-refractivity contribution >= 4 is 31.9 Å². The molecule has 0 N–H and O–H groups in total. The third-order valence-corrected chi connectivity index (χ3v) is 2.04. The molecule has 0 aliphatic carbocycles. The van der Waals surface area contributed by atoms with Crippen LogP contribution in [0.15, 0.2) is 24.3 Å². The molecule has 0 amide bonds. The van der Waals surface area contributed by atoms with Crippen LogP contribution < -0.4 is 0 Å². The van der Waals surface area contributed by atoms with E-state index in [0.29, 0.717) is 0 Å². The molecule has 0 heterocycles. The first-order valence-electron chi connectivity index (χ1n) is 2.55. The Kier molecular flexibility index (Phi) is 2.73. The second-order valence-electron chi connectivity index (χ2n) is 1.64. The van der Waals surface area contributed by atoms with Crippen molar-refractivity contribution in [2.24, 2.45) is 0 Å². The highest BCUT2D eigenvalue weighted by atomic mass is 79.9. The van der Waals surface area contributed by atoms with E-state index < -0.39 is 0 Å². The van der Waals surface area contributed by atoms with Crippen LogP contribution in [0.25, 0.3) is 0 Å². The van der Waals surface area contributed by atoms with Crippen LogP contribution in [-0.4, -0.2) is 0 Å². The van der Waals surface area contributed by atoms with Crippen LogP contribution in [0.3, 0.4) is 0 Å². The molecule has 0 spiro atoms. The molecule has 0 nitrogen and oxygen atoms in total. The van der Waals surface area contributed by atoms with E-state index in [-0.39, 0.29) is 3.74 Å². The second kappa shape index (κ2) is 3.37. The van der Waals surface area contributed by atoms with Crippen LogP contribution in [0.2, 0.25) is 0 Å². The molecule has 1 aromatic rings. The molecule has 0 unspecified atom stereocenters. The van der Waals surface area contributed by atoms with Crippen molar-refractivity contribution in [3.63, 3.8) is 0 Å². The van der Waals surface area contributed by atoms with E-state index in [9.17, 15) is 0 Å². The van der Waals surface area contributed by atoms with Crippen LogP contribution in [-0.2, 0) is 0 Å². The third-order valence-electron chi connectivity index (χ3n) is 0.983. The summed E-state index contributed by atoms with van der Waals surface area (Å²) in [5.74, 6) is 0. The second-order valence-corrected chi connectivity index (χ2v) is 4.70. The Morgan fingerprint density at radius 3 is 2.56 bits per heavy atom. The third kappa shape index (κ3) is 2.11. The van der Waals surface area contributed by atoms with Gasteiger partial charge in [-0.25, -0.2) is 0 Å². The van der Waals surface area contributed by atoms with Crippen LogP contribution in [0.5, 0.6) is 0 Å². The van der Waals surface area contributed by atoms with Gasteiger partial charge >= 0.3 is 0 Å². The van der Waals surface area contributed by atoms with Gasteiger partial charge in [0.1, 0.15) is 0 Å². The normalized spacial score (nSPS) is 10.1. The quantitative estimate of drug-likeness (QED) is 0.670. The molecule has 0 saturated heterocycles. The molecular formula is C7H5Br2. The minimum absolute atomic E-state index is 0.252. The minimum atomic E-state index is 0.252. The zero-order valence-electron chi connectivity index (χ0n) is 4.64. The summed E-state index contributed by atoms with van der Waals surface area (Å²) in [5.41, 5.74) is 1.19. The van der Waals surface area contributed by atoms with E-state index in [4.69, 9.17) is 0 Å². The van der Waals surface area contributed by atoms with Gasteiger partial charge in [0.2, 0.25) is 0 Å². The molecule has 0 aliphatic heterocycles. The van der Waals surface area contributed by atoms with Gasteiger partial charge in [0, 0.05) is 0 Å². The summed E-state index contributed by atoms with van der Waals surface area (Å²) in [4.78, 5) is 0. The van der Waals surface area contributed by atoms with Crippen LogP contribution in [0.1, 0.15) is 9.30 Å². The van der Waals surface area contributed by atoms with E-state index in [1.54, 1.807) is 0 Å². The Labute approximate surface area is 71.5 Å². The fourth-order valence-electron chi connectivity index (χ4n) is 0.543. The number of hydrogen-bond acceptors (Lipinski definition) is 0. The molecule has 0 saturated carbocycles. The fourth-order valence-corrected chi connectivity index (χ4v) is 1.11. The monoisotopic (exact) mass is 247 g/mol. The van der Waals surface area contributed by atoms with Crippen molar-refractivity contribution in [1.82, 2.24) is 0 Å². The highest BCUT2D eigenvalue weighted by Gasteiger charge is 1.97. The number of rotatable bonds is 1. The summed E-state index contributed by atoms with van der Waals surface area (Å²) in [6.07, 6.45) is 0. The summed E-state index contributed by atoms with van der Waals surface area (Å²) in [6.45, 7) is 0. The van der Waals surface area contributed by atoms with E-state index in [2.05, 4.69) is 37.9 Å². The molecule has 0 aromatic heterocycles. The van der Waals surface area contributed by atoms with Crippen molar-refractivity contribution in [2.75, 3.05) is 0 Å². The number of benzene rings is 1. The van der Waals surface area contributed by atoms with Gasteiger partial charge in [-0.15, -0.1) is 0 Å². The van der Waals surface area contributed by atoms with Crippen LogP contribution in [0, 0.1) is 6.07 Å². The van der Waals surface area contributed by atoms with Gasteiger partial charge in [-0.3, -0.25) is 0 Å². The van der Waals surface area contributed by atoms with Crippen molar-refractivity contribution in [2.45, 2.75) is 3.74 Å². The number of hydrogen-bond donors (Lipinski definition) is 0. The van der Waals surface area contributed by atoms with Gasteiger partial charge in [-0.05, 0) is 17.7 Å². The molecular weight excluding hydrogens is 244 g/mol. The highest BCUT2D eigenvalue weighted by molar-refractivity contribution is 9.24. The first-order valence-corrected chi connectivity index (χ1v) is 4.38. The van der Waals surface area contributed by atoms with E-state index in [0.717, 1.165) is 0 Å². The number of halogens is 2. The fraction of sp³-hybridized carbons (Fsp3) is 0.143. The van der Waals surface area contributed by atoms with Crippen LogP contribution in [0.4, 0.5) is 0 Å². The lowest BCUT2D eigenvalue weighted by atomic mass is 10.2. The Balaban J connectivity index is 2.85. The average molecular weight is 249 g/mol. The maximum absolute atomic E-state index is 3.38. The summed E-state index contributed by atoms with van der Waals surface area (Å²) in [6, 6.07) is 10.8. The van der Waals surface area contributed by atoms with Gasteiger partial charge in [0.05, 0.1) is 3.74 Å². The molecule has 0 bridgehead atoms. The Morgan fingerprint density at radius 1 is 1.44 bits per heavy atom. The summed E-state index contributed by atoms with van der Waals surface area (Å²) in [7, 11) is 0. The topological polar surface area (TPSA) is 0 Å². The molecule has 0 atom stereocenters. The Morgan fingerprint density at radius 2 is 2.22 bits per heavy atom. The molecule has 0 fully saturated rings. The van der Waals surface area contributed by atoms with Crippen molar-refractivity contribution in [1.29, 1.82) is 0 Å². The molecule has 1 rings (SSSR count). The van der Waals surface area contributed by atoms with Gasteiger partial charge < -0.3 is 0 Å². The molecule has 0 aliphatic rings. The predicted molar refractivity (Wildman–Crippen MR) is 45.9 cm³/mol. The Hall–Kier alpha value is 0.180. The molecule has 1 radical (unpaired) electrons. The smallest absolute Gasteiger partial charge is 0.0712 e. The van der Waals surface area contributed by atoms with Crippen molar-refractivity contribution in [3.8, 4) is 0 Å². The maximum Gasteiger partial charge on any atom is 0.0946 e. The predicted octanol–water partition coefficient (Wildman–Crippen LogP) is 3.28. The van der Waals surface area contributed by atoms with Gasteiger partial charge in [-0.2, -0.15) is 0 Å². The van der Waals surface area contributed by atoms with E-state index in [1.807, 2.05) is 24.3 Å². The molecule has 47 valence electrons. The first kappa shape index (κ1) is 7.29. The minimum Gasteiger partial charge on any atom is -0.0712 e. The van der Waals surface area contributed by atoms with Crippen molar-refractivity contribution in [3.05, 3.63) is 35.9 Å². The average Bonchev–Trinajstić information content (AvgIpc) is 1.90. The first-order chi connectivity index (χ1) is 4.30. The maximum atomic E-state index is 3.38. The largest absolute Gasteiger partial charge is 0.0946 e. The summed E-state index contributed by atoms with van der Waals surface area (Å²) in [5, 5.41) is 0. The van der Waals surface area contributed by atoms with Gasteiger partial charge in [0.15, 0.2) is 0 Å². The highest BCUT2D eigenvalue weighted by Crippen LogP contribution is 2.27. The lowest BCUT2D eigenvalue weighted by Crippen LogP contribution is -1.76. The molecule has 9 heavy (non-hydrogen) atoms. The molecule has 2 heteroatoms. The molecule has 1 aromatic carbocycles. The van der Waals surface area contributed by atoms with Crippen LogP contribution >= 0.6 is 31.9 Å². The van der Waals surface area contributed by atoms with Gasteiger partial charge in [0.25, 0.3) is 0 Å². The lowest BCUT2D eigenvalue weighted by Gasteiger charge is -1.97. The zero-order chi connectivity index (χ0) is 6.69. The zero-order valence-corrected chi connectivity index (χ0v) is 7.81. The Bertz CT molecular complexity index is 170. The van der Waals surface area contributed by atoms with Crippen molar-refractivity contribution < 1.29 is 0 Å². The van der Waals surface area contributed by atoms with Gasteiger partial charge in [-0.1, -0.05) is 50.1 Å².